The summed E-state index contributed by atoms with van der Waals surface area (Å²) in [6.45, 7) is 3.66. The van der Waals surface area contributed by atoms with Gasteiger partial charge in [-0.3, -0.25) is 14.4 Å². The maximum Gasteiger partial charge on any atom is 0.261 e. The van der Waals surface area contributed by atoms with Crippen molar-refractivity contribution in [1.29, 1.82) is 0 Å². The molecule has 3 aromatic rings. The number of nitrogens with one attached hydrogen (secondary N) is 1. The first-order valence-corrected chi connectivity index (χ1v) is 12.3. The monoisotopic (exact) mass is 513 g/mol. The van der Waals surface area contributed by atoms with Gasteiger partial charge in [0.15, 0.2) is 17.3 Å². The first-order valence-electron chi connectivity index (χ1n) is 12.3. The Balaban J connectivity index is 1.55. The molecule has 2 amide bonds. The Labute approximate surface area is 222 Å². The van der Waals surface area contributed by atoms with Crippen molar-refractivity contribution < 1.29 is 23.9 Å². The number of ether oxygens (including phenoxy) is 2. The maximum absolute atomic E-state index is 13.7. The lowest BCUT2D eigenvalue weighted by Crippen LogP contribution is -2.50. The number of nitrogens with zero attached hydrogens (tertiary/aromatic N) is 2. The van der Waals surface area contributed by atoms with E-state index in [1.807, 2.05) is 42.5 Å². The van der Waals surface area contributed by atoms with Crippen molar-refractivity contribution in [3.8, 4) is 11.5 Å². The predicted octanol–water partition coefficient (Wildman–Crippen LogP) is 4.28. The van der Waals surface area contributed by atoms with Crippen LogP contribution in [0.2, 0.25) is 0 Å². The van der Waals surface area contributed by atoms with E-state index in [0.717, 1.165) is 5.69 Å². The third-order valence-electron chi connectivity index (χ3n) is 6.43. The number of amides is 2. The number of methoxy groups -OCH3 is 2. The average Bonchev–Trinajstić information content (AvgIpc) is 2.96. The molecule has 0 bridgehead atoms. The molecule has 196 valence electrons. The van der Waals surface area contributed by atoms with E-state index in [2.05, 4.69) is 10.2 Å². The van der Waals surface area contributed by atoms with Gasteiger partial charge >= 0.3 is 0 Å². The lowest BCUT2D eigenvalue weighted by atomic mass is 10.1. The molecular weight excluding hydrogens is 482 g/mol. The predicted molar refractivity (Wildman–Crippen MR) is 148 cm³/mol. The Hall–Kier alpha value is -4.59. The SMILES string of the molecule is COc1ccc(/C=C(\C(=O)Nc2ccccc2)C(=O)N2CCN(c3ccc(C(C)=O)cc3)CC2)cc1OC. The van der Waals surface area contributed by atoms with Crippen LogP contribution in [-0.4, -0.2) is 62.9 Å². The van der Waals surface area contributed by atoms with E-state index in [0.29, 0.717) is 54.5 Å². The number of ketones is 1. The summed E-state index contributed by atoms with van der Waals surface area (Å²) in [5, 5.41) is 2.83. The summed E-state index contributed by atoms with van der Waals surface area (Å²) in [5.74, 6) is 0.243. The minimum absolute atomic E-state index is 0.0227. The molecule has 0 aromatic heterocycles. The van der Waals surface area contributed by atoms with Crippen LogP contribution in [0.15, 0.2) is 78.4 Å². The van der Waals surface area contributed by atoms with Crippen LogP contribution in [0.4, 0.5) is 11.4 Å². The number of carbonyl (C=O) groups is 3. The zero-order chi connectivity index (χ0) is 27.1. The molecule has 1 N–H and O–H groups in total. The molecule has 1 saturated heterocycles. The smallest absolute Gasteiger partial charge is 0.261 e. The summed E-state index contributed by atoms with van der Waals surface area (Å²) in [7, 11) is 3.08. The Morgan fingerprint density at radius 3 is 2.08 bits per heavy atom. The fraction of sp³-hybridized carbons (Fsp3) is 0.233. The van der Waals surface area contributed by atoms with E-state index in [1.54, 1.807) is 55.3 Å². The lowest BCUT2D eigenvalue weighted by Gasteiger charge is -2.36. The summed E-state index contributed by atoms with van der Waals surface area (Å²) < 4.78 is 10.7. The highest BCUT2D eigenvalue weighted by Gasteiger charge is 2.28. The molecule has 38 heavy (non-hydrogen) atoms. The normalized spacial score (nSPS) is 13.6. The van der Waals surface area contributed by atoms with Crippen LogP contribution < -0.4 is 19.7 Å². The van der Waals surface area contributed by atoms with Gasteiger partial charge in [0.25, 0.3) is 11.8 Å². The lowest BCUT2D eigenvalue weighted by molar-refractivity contribution is -0.129. The van der Waals surface area contributed by atoms with Crippen LogP contribution in [-0.2, 0) is 9.59 Å². The number of hydrogen-bond acceptors (Lipinski definition) is 6. The Kier molecular flexibility index (Phi) is 8.43. The molecule has 8 nitrogen and oxygen atoms in total. The van der Waals surface area contributed by atoms with Crippen molar-refractivity contribution >= 4 is 35.0 Å². The van der Waals surface area contributed by atoms with E-state index >= 15 is 0 Å². The molecule has 0 unspecified atom stereocenters. The second kappa shape index (κ2) is 12.1. The third kappa shape index (κ3) is 6.21. The van der Waals surface area contributed by atoms with Gasteiger partial charge in [-0.1, -0.05) is 24.3 Å². The number of rotatable bonds is 8. The highest BCUT2D eigenvalue weighted by Crippen LogP contribution is 2.29. The van der Waals surface area contributed by atoms with E-state index in [1.165, 1.54) is 7.11 Å². The first-order chi connectivity index (χ1) is 18.4. The van der Waals surface area contributed by atoms with E-state index in [4.69, 9.17) is 9.47 Å². The summed E-state index contributed by atoms with van der Waals surface area (Å²) in [4.78, 5) is 42.4. The second-order valence-electron chi connectivity index (χ2n) is 8.87. The minimum Gasteiger partial charge on any atom is -0.493 e. The summed E-state index contributed by atoms with van der Waals surface area (Å²) in [5.41, 5.74) is 2.92. The van der Waals surface area contributed by atoms with Crippen LogP contribution in [0.5, 0.6) is 11.5 Å². The molecule has 0 atom stereocenters. The number of anilines is 2. The van der Waals surface area contributed by atoms with Gasteiger partial charge in [-0.25, -0.2) is 0 Å². The minimum atomic E-state index is -0.488. The van der Waals surface area contributed by atoms with E-state index in [9.17, 15) is 14.4 Å². The number of benzene rings is 3. The van der Waals surface area contributed by atoms with Crippen molar-refractivity contribution in [2.75, 3.05) is 50.6 Å². The Morgan fingerprint density at radius 2 is 1.47 bits per heavy atom. The molecule has 0 saturated carbocycles. The Bertz CT molecular complexity index is 1330. The van der Waals surface area contributed by atoms with Crippen LogP contribution in [0.25, 0.3) is 6.08 Å². The van der Waals surface area contributed by atoms with Gasteiger partial charge in [0.1, 0.15) is 5.57 Å². The maximum atomic E-state index is 13.7. The molecule has 1 heterocycles. The van der Waals surface area contributed by atoms with Crippen molar-refractivity contribution in [2.45, 2.75) is 6.92 Å². The van der Waals surface area contributed by atoms with Gasteiger partial charge < -0.3 is 24.6 Å². The highest BCUT2D eigenvalue weighted by atomic mass is 16.5. The van der Waals surface area contributed by atoms with Gasteiger partial charge in [0.05, 0.1) is 14.2 Å². The van der Waals surface area contributed by atoms with Gasteiger partial charge in [-0.15, -0.1) is 0 Å². The first kappa shape index (κ1) is 26.5. The molecular formula is C30H31N3O5. The number of carbonyl (C=O) groups excluding carboxylic acids is 3. The fourth-order valence-electron chi connectivity index (χ4n) is 4.30. The van der Waals surface area contributed by atoms with Gasteiger partial charge in [0.2, 0.25) is 0 Å². The standard InChI is InChI=1S/C30H31N3O5/c1-21(34)23-10-12-25(13-11-23)32-15-17-33(18-16-32)30(36)26(29(35)31-24-7-5-4-6-8-24)19-22-9-14-27(37-2)28(20-22)38-3/h4-14,19-20H,15-18H2,1-3H3,(H,31,35)/b26-19+. The van der Waals surface area contributed by atoms with Crippen molar-refractivity contribution in [3.05, 3.63) is 89.5 Å². The quantitative estimate of drug-likeness (QED) is 0.209. The molecule has 0 radical (unpaired) electrons. The largest absolute Gasteiger partial charge is 0.493 e. The summed E-state index contributed by atoms with van der Waals surface area (Å²) in [6, 6.07) is 21.7. The Morgan fingerprint density at radius 1 is 0.816 bits per heavy atom. The highest BCUT2D eigenvalue weighted by molar-refractivity contribution is 6.25. The van der Waals surface area contributed by atoms with Crippen LogP contribution in [0.1, 0.15) is 22.8 Å². The van der Waals surface area contributed by atoms with Crippen LogP contribution in [0, 0.1) is 0 Å². The molecule has 1 aliphatic heterocycles. The van der Waals surface area contributed by atoms with Gasteiger partial charge in [0, 0.05) is 43.1 Å². The summed E-state index contributed by atoms with van der Waals surface area (Å²) in [6.07, 6.45) is 1.58. The average molecular weight is 514 g/mol. The fourth-order valence-corrected chi connectivity index (χ4v) is 4.30. The number of hydrogen-bond donors (Lipinski definition) is 1. The molecule has 0 aliphatic carbocycles. The van der Waals surface area contributed by atoms with E-state index < -0.39 is 5.91 Å². The molecule has 1 fully saturated rings. The molecule has 0 spiro atoms. The third-order valence-corrected chi connectivity index (χ3v) is 6.43. The summed E-state index contributed by atoms with van der Waals surface area (Å²) >= 11 is 0. The van der Waals surface area contributed by atoms with Gasteiger partial charge in [-0.2, -0.15) is 0 Å². The molecule has 3 aromatic carbocycles. The second-order valence-corrected chi connectivity index (χ2v) is 8.87. The van der Waals surface area contributed by atoms with Crippen molar-refractivity contribution in [1.82, 2.24) is 4.90 Å². The van der Waals surface area contributed by atoms with Crippen molar-refractivity contribution in [3.63, 3.8) is 0 Å². The van der Waals surface area contributed by atoms with Crippen LogP contribution >= 0.6 is 0 Å². The van der Waals surface area contributed by atoms with Crippen LogP contribution in [0.3, 0.4) is 0 Å². The number of para-hydroxylation sites is 1. The molecule has 4 rings (SSSR count). The van der Waals surface area contributed by atoms with E-state index in [-0.39, 0.29) is 17.3 Å². The zero-order valence-electron chi connectivity index (χ0n) is 21.8. The number of Topliss-reactive ketones (excluding diaryl/α,β-unsaturated/α-hetero) is 1. The zero-order valence-corrected chi connectivity index (χ0v) is 21.8. The van der Waals surface area contributed by atoms with Gasteiger partial charge in [-0.05, 0) is 67.1 Å². The topological polar surface area (TPSA) is 88.2 Å². The number of piperazine rings is 1. The van der Waals surface area contributed by atoms with Crippen molar-refractivity contribution in [2.24, 2.45) is 0 Å². The molecule has 8 heteroatoms. The molecule has 1 aliphatic rings.